The highest BCUT2D eigenvalue weighted by Crippen LogP contribution is 2.33. The van der Waals surface area contributed by atoms with Gasteiger partial charge in [0.2, 0.25) is 5.91 Å². The van der Waals surface area contributed by atoms with Crippen LogP contribution in [-0.4, -0.2) is 17.9 Å². The van der Waals surface area contributed by atoms with Gasteiger partial charge in [-0.2, -0.15) is 0 Å². The average Bonchev–Trinajstić information content (AvgIpc) is 2.58. The molecule has 5 nitrogen and oxygen atoms in total. The van der Waals surface area contributed by atoms with Crippen LogP contribution in [0.15, 0.2) is 42.5 Å². The van der Waals surface area contributed by atoms with Crippen LogP contribution in [0.25, 0.3) is 0 Å². The summed E-state index contributed by atoms with van der Waals surface area (Å²) in [5.41, 5.74) is 2.07. The van der Waals surface area contributed by atoms with Crippen molar-refractivity contribution in [2.45, 2.75) is 32.8 Å². The number of hydrogen-bond donors (Lipinski definition) is 2. The van der Waals surface area contributed by atoms with Gasteiger partial charge in [-0.1, -0.05) is 37.6 Å². The summed E-state index contributed by atoms with van der Waals surface area (Å²) < 4.78 is 5.53. The molecule has 0 saturated carbocycles. The standard InChI is InChI=1S/C20H21ClN2O3/c1-11(2)18(13-4-6-14(21)7-5-13)20(25)22-15-8-9-17-16(10-15)23-19(24)12(3)26-17/h4-12,18H,1-3H3,(H,22,25)(H,23,24)/t12-,18-/m0/s1. The molecule has 3 rings (SSSR count). The Morgan fingerprint density at radius 1 is 1.19 bits per heavy atom. The number of nitrogens with one attached hydrogen (secondary N) is 2. The van der Waals surface area contributed by atoms with E-state index in [9.17, 15) is 9.59 Å². The number of benzene rings is 2. The maximum atomic E-state index is 12.9. The molecule has 2 amide bonds. The maximum absolute atomic E-state index is 12.9. The number of carbonyl (C=O) groups excluding carboxylic acids is 2. The molecule has 0 fully saturated rings. The van der Waals surface area contributed by atoms with Crippen molar-refractivity contribution in [1.29, 1.82) is 0 Å². The number of halogens is 1. The van der Waals surface area contributed by atoms with E-state index in [4.69, 9.17) is 16.3 Å². The number of fused-ring (bicyclic) bond motifs is 1. The predicted molar refractivity (Wildman–Crippen MR) is 103 cm³/mol. The summed E-state index contributed by atoms with van der Waals surface area (Å²) in [7, 11) is 0. The molecule has 2 aromatic carbocycles. The summed E-state index contributed by atoms with van der Waals surface area (Å²) >= 11 is 5.95. The minimum atomic E-state index is -0.529. The van der Waals surface area contributed by atoms with E-state index in [1.54, 1.807) is 37.3 Å². The van der Waals surface area contributed by atoms with Crippen molar-refractivity contribution in [3.05, 3.63) is 53.1 Å². The third kappa shape index (κ3) is 3.83. The number of ether oxygens (including phenoxy) is 1. The number of anilines is 2. The number of carbonyl (C=O) groups is 2. The van der Waals surface area contributed by atoms with Gasteiger partial charge in [-0.3, -0.25) is 9.59 Å². The highest BCUT2D eigenvalue weighted by atomic mass is 35.5. The van der Waals surface area contributed by atoms with Gasteiger partial charge in [-0.15, -0.1) is 0 Å². The van der Waals surface area contributed by atoms with Crippen LogP contribution in [0.5, 0.6) is 5.75 Å². The predicted octanol–water partition coefficient (Wildman–Crippen LogP) is 4.44. The van der Waals surface area contributed by atoms with Crippen LogP contribution in [0.4, 0.5) is 11.4 Å². The summed E-state index contributed by atoms with van der Waals surface area (Å²) in [6.07, 6.45) is -0.529. The fourth-order valence-electron chi connectivity index (χ4n) is 3.02. The molecule has 1 aliphatic rings. The van der Waals surface area contributed by atoms with Gasteiger partial charge in [0.25, 0.3) is 5.91 Å². The lowest BCUT2D eigenvalue weighted by molar-refractivity contribution is -0.122. The summed E-state index contributed by atoms with van der Waals surface area (Å²) in [5, 5.41) is 6.35. The van der Waals surface area contributed by atoms with Crippen molar-refractivity contribution in [3.63, 3.8) is 0 Å². The summed E-state index contributed by atoms with van der Waals surface area (Å²) in [5.74, 6) is 0.0703. The minimum absolute atomic E-state index is 0.109. The molecule has 0 radical (unpaired) electrons. The van der Waals surface area contributed by atoms with Crippen molar-refractivity contribution < 1.29 is 14.3 Å². The summed E-state index contributed by atoms with van der Waals surface area (Å²) in [6, 6.07) is 12.5. The van der Waals surface area contributed by atoms with Gasteiger partial charge in [0.15, 0.2) is 6.10 Å². The van der Waals surface area contributed by atoms with Crippen molar-refractivity contribution in [3.8, 4) is 5.75 Å². The second-order valence-electron chi connectivity index (χ2n) is 6.72. The van der Waals surface area contributed by atoms with Crippen LogP contribution >= 0.6 is 11.6 Å². The van der Waals surface area contributed by atoms with Gasteiger partial charge in [0.1, 0.15) is 5.75 Å². The van der Waals surface area contributed by atoms with Crippen molar-refractivity contribution in [1.82, 2.24) is 0 Å². The molecule has 0 bridgehead atoms. The highest BCUT2D eigenvalue weighted by molar-refractivity contribution is 6.30. The minimum Gasteiger partial charge on any atom is -0.479 e. The zero-order chi connectivity index (χ0) is 18.8. The SMILES string of the molecule is CC(C)[C@H](C(=O)Nc1ccc2c(c1)NC(=O)[C@H](C)O2)c1ccc(Cl)cc1. The molecule has 0 spiro atoms. The lowest BCUT2D eigenvalue weighted by Gasteiger charge is -2.24. The monoisotopic (exact) mass is 372 g/mol. The van der Waals surface area contributed by atoms with E-state index in [0.717, 1.165) is 5.56 Å². The number of amides is 2. The molecule has 2 N–H and O–H groups in total. The summed E-state index contributed by atoms with van der Waals surface area (Å²) in [6.45, 7) is 5.69. The Labute approximate surface area is 157 Å². The van der Waals surface area contributed by atoms with Gasteiger partial charge in [0.05, 0.1) is 11.6 Å². The normalized spacial score (nSPS) is 17.1. The van der Waals surface area contributed by atoms with Gasteiger partial charge in [-0.05, 0) is 48.7 Å². The van der Waals surface area contributed by atoms with Gasteiger partial charge in [0, 0.05) is 10.7 Å². The van der Waals surface area contributed by atoms with Crippen molar-refractivity contribution in [2.24, 2.45) is 5.92 Å². The molecule has 1 heterocycles. The fourth-order valence-corrected chi connectivity index (χ4v) is 3.14. The van der Waals surface area contributed by atoms with E-state index >= 15 is 0 Å². The first-order chi connectivity index (χ1) is 12.3. The van der Waals surface area contributed by atoms with Crippen molar-refractivity contribution in [2.75, 3.05) is 10.6 Å². The van der Waals surface area contributed by atoms with Crippen LogP contribution in [0, 0.1) is 5.92 Å². The molecule has 26 heavy (non-hydrogen) atoms. The Hall–Kier alpha value is -2.53. The summed E-state index contributed by atoms with van der Waals surface area (Å²) in [4.78, 5) is 24.6. The molecule has 2 atom stereocenters. The van der Waals surface area contributed by atoms with Crippen LogP contribution < -0.4 is 15.4 Å². The van der Waals surface area contributed by atoms with Gasteiger partial charge in [-0.25, -0.2) is 0 Å². The van der Waals surface area contributed by atoms with E-state index in [1.165, 1.54) is 0 Å². The quantitative estimate of drug-likeness (QED) is 0.833. The van der Waals surface area contributed by atoms with Gasteiger partial charge >= 0.3 is 0 Å². The second kappa shape index (κ2) is 7.38. The number of rotatable bonds is 4. The molecule has 0 unspecified atom stereocenters. The molecule has 2 aromatic rings. The molecule has 6 heteroatoms. The Kier molecular flexibility index (Phi) is 5.18. The third-order valence-electron chi connectivity index (χ3n) is 4.36. The maximum Gasteiger partial charge on any atom is 0.265 e. The molecule has 0 aliphatic carbocycles. The first-order valence-electron chi connectivity index (χ1n) is 8.53. The van der Waals surface area contributed by atoms with Crippen LogP contribution in [0.3, 0.4) is 0 Å². The zero-order valence-electron chi connectivity index (χ0n) is 14.9. The van der Waals surface area contributed by atoms with E-state index in [0.29, 0.717) is 22.1 Å². The largest absolute Gasteiger partial charge is 0.479 e. The van der Waals surface area contributed by atoms with Crippen LogP contribution in [0.2, 0.25) is 5.02 Å². The van der Waals surface area contributed by atoms with E-state index < -0.39 is 6.10 Å². The molecule has 136 valence electrons. The molecule has 0 aromatic heterocycles. The average molecular weight is 373 g/mol. The first kappa shape index (κ1) is 18.3. The number of hydrogen-bond acceptors (Lipinski definition) is 3. The zero-order valence-corrected chi connectivity index (χ0v) is 15.6. The Morgan fingerprint density at radius 3 is 2.54 bits per heavy atom. The fraction of sp³-hybridized carbons (Fsp3) is 0.300. The Bertz CT molecular complexity index is 833. The van der Waals surface area contributed by atoms with Crippen LogP contribution in [-0.2, 0) is 9.59 Å². The lowest BCUT2D eigenvalue weighted by Crippen LogP contribution is -2.34. The van der Waals surface area contributed by atoms with E-state index in [1.807, 2.05) is 26.0 Å². The van der Waals surface area contributed by atoms with Crippen molar-refractivity contribution >= 4 is 34.8 Å². The highest BCUT2D eigenvalue weighted by Gasteiger charge is 2.26. The van der Waals surface area contributed by atoms with Gasteiger partial charge < -0.3 is 15.4 Å². The Morgan fingerprint density at radius 2 is 1.88 bits per heavy atom. The van der Waals surface area contributed by atoms with E-state index in [-0.39, 0.29) is 23.7 Å². The molecular formula is C20H21ClN2O3. The van der Waals surface area contributed by atoms with E-state index in [2.05, 4.69) is 10.6 Å². The Balaban J connectivity index is 1.81. The second-order valence-corrected chi connectivity index (χ2v) is 7.16. The lowest BCUT2D eigenvalue weighted by atomic mass is 9.87. The first-order valence-corrected chi connectivity index (χ1v) is 8.91. The molecule has 0 saturated heterocycles. The molecular weight excluding hydrogens is 352 g/mol. The smallest absolute Gasteiger partial charge is 0.265 e. The van der Waals surface area contributed by atoms with Crippen LogP contribution in [0.1, 0.15) is 32.3 Å². The topological polar surface area (TPSA) is 67.4 Å². The molecule has 1 aliphatic heterocycles. The third-order valence-corrected chi connectivity index (χ3v) is 4.61.